The Balaban J connectivity index is 2.78. The number of benzene rings is 1. The quantitative estimate of drug-likeness (QED) is 0.681. The molecule has 0 saturated heterocycles. The molecular formula is C10H12INO2. The van der Waals surface area contributed by atoms with E-state index in [2.05, 4.69) is 27.9 Å². The lowest BCUT2D eigenvalue weighted by Gasteiger charge is -2.07. The van der Waals surface area contributed by atoms with Crippen molar-refractivity contribution in [3.05, 3.63) is 29.8 Å². The maximum atomic E-state index is 11.6. The number of amides is 1. The van der Waals surface area contributed by atoms with E-state index < -0.39 is 0 Å². The van der Waals surface area contributed by atoms with Gasteiger partial charge in [-0.2, -0.15) is 0 Å². The Bertz CT molecular complexity index is 315. The third-order valence-electron chi connectivity index (χ3n) is 1.73. The van der Waals surface area contributed by atoms with Gasteiger partial charge in [-0.3, -0.25) is 4.79 Å². The SMILES string of the molecule is COc1ccccc1C(=O)NCCI. The molecule has 0 spiro atoms. The maximum absolute atomic E-state index is 11.6. The summed E-state index contributed by atoms with van der Waals surface area (Å²) in [5.41, 5.74) is 0.583. The number of alkyl halides is 1. The molecule has 0 fully saturated rings. The first-order valence-corrected chi connectivity index (χ1v) is 5.79. The molecule has 0 atom stereocenters. The van der Waals surface area contributed by atoms with Gasteiger partial charge in [0.15, 0.2) is 0 Å². The summed E-state index contributed by atoms with van der Waals surface area (Å²) >= 11 is 2.21. The fourth-order valence-corrected chi connectivity index (χ4v) is 1.36. The molecule has 76 valence electrons. The van der Waals surface area contributed by atoms with E-state index in [1.807, 2.05) is 12.1 Å². The molecule has 4 heteroatoms. The Labute approximate surface area is 97.0 Å². The van der Waals surface area contributed by atoms with E-state index in [-0.39, 0.29) is 5.91 Å². The zero-order valence-corrected chi connectivity index (χ0v) is 10.1. The minimum absolute atomic E-state index is 0.0842. The van der Waals surface area contributed by atoms with Crippen molar-refractivity contribution in [3.63, 3.8) is 0 Å². The van der Waals surface area contributed by atoms with Crippen LogP contribution in [0.5, 0.6) is 5.75 Å². The summed E-state index contributed by atoms with van der Waals surface area (Å²) in [4.78, 5) is 11.6. The molecule has 1 aromatic carbocycles. The van der Waals surface area contributed by atoms with Crippen LogP contribution in [0.4, 0.5) is 0 Å². The molecule has 1 rings (SSSR count). The van der Waals surface area contributed by atoms with Crippen molar-refractivity contribution in [2.75, 3.05) is 18.1 Å². The van der Waals surface area contributed by atoms with Crippen LogP contribution in [0.3, 0.4) is 0 Å². The summed E-state index contributed by atoms with van der Waals surface area (Å²) in [5.74, 6) is 0.526. The Morgan fingerprint density at radius 1 is 1.50 bits per heavy atom. The average Bonchev–Trinajstić information content (AvgIpc) is 2.25. The molecule has 0 radical (unpaired) electrons. The summed E-state index contributed by atoms with van der Waals surface area (Å²) in [7, 11) is 1.56. The zero-order valence-electron chi connectivity index (χ0n) is 7.92. The monoisotopic (exact) mass is 305 g/mol. The Hall–Kier alpha value is -0.780. The van der Waals surface area contributed by atoms with Crippen LogP contribution < -0.4 is 10.1 Å². The van der Waals surface area contributed by atoms with Gasteiger partial charge in [0.25, 0.3) is 5.91 Å². The van der Waals surface area contributed by atoms with Gasteiger partial charge in [0.1, 0.15) is 5.75 Å². The van der Waals surface area contributed by atoms with E-state index in [0.29, 0.717) is 17.9 Å². The first kappa shape index (κ1) is 11.3. The fraction of sp³-hybridized carbons (Fsp3) is 0.300. The van der Waals surface area contributed by atoms with Crippen LogP contribution in [0.1, 0.15) is 10.4 Å². The highest BCUT2D eigenvalue weighted by molar-refractivity contribution is 14.1. The number of nitrogens with one attached hydrogen (secondary N) is 1. The van der Waals surface area contributed by atoms with E-state index in [9.17, 15) is 4.79 Å². The standard InChI is InChI=1S/C10H12INO2/c1-14-9-5-3-2-4-8(9)10(13)12-7-6-11/h2-5H,6-7H2,1H3,(H,12,13). The van der Waals surface area contributed by atoms with Crippen LogP contribution in [-0.2, 0) is 0 Å². The van der Waals surface area contributed by atoms with E-state index in [4.69, 9.17) is 4.74 Å². The van der Waals surface area contributed by atoms with Gasteiger partial charge in [0.2, 0.25) is 0 Å². The highest BCUT2D eigenvalue weighted by atomic mass is 127. The van der Waals surface area contributed by atoms with Crippen molar-refractivity contribution < 1.29 is 9.53 Å². The molecule has 0 aliphatic carbocycles. The van der Waals surface area contributed by atoms with Gasteiger partial charge in [-0.25, -0.2) is 0 Å². The number of carbonyl (C=O) groups excluding carboxylic acids is 1. The number of rotatable bonds is 4. The summed E-state index contributed by atoms with van der Waals surface area (Å²) in [6, 6.07) is 7.19. The smallest absolute Gasteiger partial charge is 0.255 e. The number of halogens is 1. The molecule has 1 N–H and O–H groups in total. The van der Waals surface area contributed by atoms with Crippen LogP contribution in [0, 0.1) is 0 Å². The van der Waals surface area contributed by atoms with Crippen LogP contribution in [-0.4, -0.2) is 24.0 Å². The third kappa shape index (κ3) is 2.87. The van der Waals surface area contributed by atoms with Crippen molar-refractivity contribution in [2.45, 2.75) is 0 Å². The van der Waals surface area contributed by atoms with Crippen LogP contribution in [0.15, 0.2) is 24.3 Å². The first-order valence-electron chi connectivity index (χ1n) is 4.26. The molecular weight excluding hydrogens is 293 g/mol. The molecule has 0 bridgehead atoms. The van der Waals surface area contributed by atoms with Crippen LogP contribution in [0.25, 0.3) is 0 Å². The summed E-state index contributed by atoms with van der Waals surface area (Å²) in [6.45, 7) is 0.678. The fourth-order valence-electron chi connectivity index (χ4n) is 1.09. The van der Waals surface area contributed by atoms with Crippen molar-refractivity contribution >= 4 is 28.5 Å². The van der Waals surface area contributed by atoms with Gasteiger partial charge in [-0.15, -0.1) is 0 Å². The minimum atomic E-state index is -0.0842. The number of hydrogen-bond donors (Lipinski definition) is 1. The minimum Gasteiger partial charge on any atom is -0.496 e. The van der Waals surface area contributed by atoms with E-state index >= 15 is 0 Å². The Morgan fingerprint density at radius 2 is 2.21 bits per heavy atom. The maximum Gasteiger partial charge on any atom is 0.255 e. The van der Waals surface area contributed by atoms with Gasteiger partial charge < -0.3 is 10.1 Å². The normalized spacial score (nSPS) is 9.57. The topological polar surface area (TPSA) is 38.3 Å². The highest BCUT2D eigenvalue weighted by Gasteiger charge is 2.09. The number of hydrogen-bond acceptors (Lipinski definition) is 2. The second kappa shape index (κ2) is 5.85. The molecule has 0 aliphatic heterocycles. The average molecular weight is 305 g/mol. The van der Waals surface area contributed by atoms with E-state index in [1.165, 1.54) is 0 Å². The molecule has 14 heavy (non-hydrogen) atoms. The molecule has 1 aromatic rings. The molecule has 0 saturated carbocycles. The van der Waals surface area contributed by atoms with Crippen molar-refractivity contribution in [1.82, 2.24) is 5.32 Å². The molecule has 0 unspecified atom stereocenters. The lowest BCUT2D eigenvalue weighted by atomic mass is 10.2. The number of methoxy groups -OCH3 is 1. The lowest BCUT2D eigenvalue weighted by molar-refractivity contribution is 0.0953. The van der Waals surface area contributed by atoms with Gasteiger partial charge >= 0.3 is 0 Å². The summed E-state index contributed by atoms with van der Waals surface area (Å²) in [6.07, 6.45) is 0. The van der Waals surface area contributed by atoms with E-state index in [1.54, 1.807) is 19.2 Å². The van der Waals surface area contributed by atoms with Crippen molar-refractivity contribution in [3.8, 4) is 5.75 Å². The number of ether oxygens (including phenoxy) is 1. The summed E-state index contributed by atoms with van der Waals surface area (Å²) in [5, 5.41) is 2.80. The molecule has 0 aliphatic rings. The van der Waals surface area contributed by atoms with E-state index in [0.717, 1.165) is 4.43 Å². The highest BCUT2D eigenvalue weighted by Crippen LogP contribution is 2.16. The largest absolute Gasteiger partial charge is 0.496 e. The van der Waals surface area contributed by atoms with Crippen LogP contribution >= 0.6 is 22.6 Å². The summed E-state index contributed by atoms with van der Waals surface area (Å²) < 4.78 is 5.99. The lowest BCUT2D eigenvalue weighted by Crippen LogP contribution is -2.25. The molecule has 3 nitrogen and oxygen atoms in total. The Morgan fingerprint density at radius 3 is 2.86 bits per heavy atom. The third-order valence-corrected chi connectivity index (χ3v) is 2.27. The molecule has 1 amide bonds. The van der Waals surface area contributed by atoms with Gasteiger partial charge in [0.05, 0.1) is 12.7 Å². The van der Waals surface area contributed by atoms with Crippen molar-refractivity contribution in [2.24, 2.45) is 0 Å². The second-order valence-electron chi connectivity index (χ2n) is 2.65. The van der Waals surface area contributed by atoms with Gasteiger partial charge in [-0.1, -0.05) is 34.7 Å². The predicted octanol–water partition coefficient (Wildman–Crippen LogP) is 1.86. The zero-order chi connectivity index (χ0) is 10.4. The molecule has 0 heterocycles. The number of para-hydroxylation sites is 1. The Kier molecular flexibility index (Phi) is 4.72. The second-order valence-corrected chi connectivity index (χ2v) is 3.72. The number of carbonyl (C=O) groups is 1. The van der Waals surface area contributed by atoms with Crippen LogP contribution in [0.2, 0.25) is 0 Å². The van der Waals surface area contributed by atoms with Gasteiger partial charge in [-0.05, 0) is 12.1 Å². The predicted molar refractivity (Wildman–Crippen MR) is 64.2 cm³/mol. The van der Waals surface area contributed by atoms with Gasteiger partial charge in [0, 0.05) is 11.0 Å². The molecule has 0 aromatic heterocycles. The first-order chi connectivity index (χ1) is 6.79. The van der Waals surface area contributed by atoms with Crippen molar-refractivity contribution in [1.29, 1.82) is 0 Å².